The van der Waals surface area contributed by atoms with Gasteiger partial charge in [0.1, 0.15) is 11.5 Å². The molecule has 17 heavy (non-hydrogen) atoms. The third-order valence-corrected chi connectivity index (χ3v) is 2.36. The normalized spacial score (nSPS) is 11.8. The molecule has 0 fully saturated rings. The molecule has 1 unspecified atom stereocenters. The van der Waals surface area contributed by atoms with E-state index in [4.69, 9.17) is 15.2 Å². The van der Waals surface area contributed by atoms with Crippen LogP contribution in [0, 0.1) is 0 Å². The van der Waals surface area contributed by atoms with E-state index in [1.165, 1.54) is 0 Å². The molecule has 0 aliphatic rings. The van der Waals surface area contributed by atoms with Crippen LogP contribution in [0.4, 0.5) is 0 Å². The number of hydrogen-bond donors (Lipinski definition) is 2. The molecule has 1 amide bonds. The van der Waals surface area contributed by atoms with Gasteiger partial charge in [-0.05, 0) is 19.1 Å². The van der Waals surface area contributed by atoms with Crippen molar-refractivity contribution in [1.29, 1.82) is 0 Å². The van der Waals surface area contributed by atoms with Crippen molar-refractivity contribution < 1.29 is 14.3 Å². The van der Waals surface area contributed by atoms with Crippen LogP contribution in [-0.4, -0.2) is 26.2 Å². The van der Waals surface area contributed by atoms with E-state index >= 15 is 0 Å². The van der Waals surface area contributed by atoms with E-state index in [9.17, 15) is 4.79 Å². The second-order valence-corrected chi connectivity index (χ2v) is 3.68. The van der Waals surface area contributed by atoms with Gasteiger partial charge in [-0.3, -0.25) is 4.79 Å². The van der Waals surface area contributed by atoms with Crippen LogP contribution in [0.2, 0.25) is 0 Å². The molecule has 0 bridgehead atoms. The third-order valence-electron chi connectivity index (χ3n) is 2.36. The van der Waals surface area contributed by atoms with E-state index in [2.05, 4.69) is 5.32 Å². The van der Waals surface area contributed by atoms with Gasteiger partial charge in [-0.25, -0.2) is 0 Å². The van der Waals surface area contributed by atoms with E-state index in [0.717, 1.165) is 5.56 Å². The Hall–Kier alpha value is -1.75. The summed E-state index contributed by atoms with van der Waals surface area (Å²) in [5.74, 6) is 1.20. The van der Waals surface area contributed by atoms with Gasteiger partial charge in [0, 0.05) is 18.2 Å². The number of nitrogens with two attached hydrogens (primary N) is 1. The van der Waals surface area contributed by atoms with Crippen molar-refractivity contribution in [3.8, 4) is 11.5 Å². The van der Waals surface area contributed by atoms with E-state index in [-0.39, 0.29) is 5.91 Å². The lowest BCUT2D eigenvalue weighted by molar-refractivity contribution is -0.122. The molecule has 0 aliphatic carbocycles. The summed E-state index contributed by atoms with van der Waals surface area (Å²) in [6.45, 7) is 2.02. The minimum atomic E-state index is -0.515. The first kappa shape index (κ1) is 13.3. The van der Waals surface area contributed by atoms with Crippen molar-refractivity contribution in [3.63, 3.8) is 0 Å². The van der Waals surface area contributed by atoms with Crippen LogP contribution < -0.4 is 20.5 Å². The number of carbonyl (C=O) groups excluding carboxylic acids is 1. The minimum Gasteiger partial charge on any atom is -0.497 e. The highest BCUT2D eigenvalue weighted by Gasteiger charge is 2.09. The van der Waals surface area contributed by atoms with Gasteiger partial charge in [0.15, 0.2) is 0 Å². The maximum absolute atomic E-state index is 11.3. The van der Waals surface area contributed by atoms with Crippen molar-refractivity contribution >= 4 is 5.91 Å². The van der Waals surface area contributed by atoms with Gasteiger partial charge in [0.05, 0.1) is 20.3 Å². The molecule has 5 nitrogen and oxygen atoms in total. The van der Waals surface area contributed by atoms with Crippen LogP contribution in [0.15, 0.2) is 18.2 Å². The van der Waals surface area contributed by atoms with Gasteiger partial charge >= 0.3 is 0 Å². The monoisotopic (exact) mass is 238 g/mol. The first-order valence-electron chi connectivity index (χ1n) is 5.32. The zero-order chi connectivity index (χ0) is 12.8. The van der Waals surface area contributed by atoms with Crippen LogP contribution >= 0.6 is 0 Å². The number of nitrogens with one attached hydrogen (secondary N) is 1. The molecule has 0 heterocycles. The van der Waals surface area contributed by atoms with Crippen molar-refractivity contribution in [2.75, 3.05) is 14.2 Å². The highest BCUT2D eigenvalue weighted by molar-refractivity contribution is 5.81. The molecular formula is C12H18N2O3. The third kappa shape index (κ3) is 3.64. The minimum absolute atomic E-state index is 0.192. The second-order valence-electron chi connectivity index (χ2n) is 3.68. The zero-order valence-electron chi connectivity index (χ0n) is 10.3. The maximum atomic E-state index is 11.3. The summed E-state index contributed by atoms with van der Waals surface area (Å²) in [6.07, 6.45) is 0. The molecule has 5 heteroatoms. The average molecular weight is 238 g/mol. The van der Waals surface area contributed by atoms with Crippen LogP contribution in [0.25, 0.3) is 0 Å². The van der Waals surface area contributed by atoms with Crippen molar-refractivity contribution in [2.24, 2.45) is 5.73 Å². The maximum Gasteiger partial charge on any atom is 0.236 e. The second kappa shape index (κ2) is 6.10. The number of ether oxygens (including phenoxy) is 2. The predicted octanol–water partition coefficient (Wildman–Crippen LogP) is 0.667. The van der Waals surface area contributed by atoms with Crippen LogP contribution in [0.3, 0.4) is 0 Å². The average Bonchev–Trinajstić information content (AvgIpc) is 2.35. The lowest BCUT2D eigenvalue weighted by Crippen LogP contribution is -2.37. The highest BCUT2D eigenvalue weighted by atomic mass is 16.5. The molecular weight excluding hydrogens is 220 g/mol. The Kier molecular flexibility index (Phi) is 4.78. The lowest BCUT2D eigenvalue weighted by atomic mass is 10.2. The summed E-state index contributed by atoms with van der Waals surface area (Å²) in [5.41, 5.74) is 6.33. The van der Waals surface area contributed by atoms with E-state index in [0.29, 0.717) is 18.0 Å². The Bertz CT molecular complexity index is 391. The van der Waals surface area contributed by atoms with Crippen molar-refractivity contribution in [1.82, 2.24) is 5.32 Å². The zero-order valence-corrected chi connectivity index (χ0v) is 10.3. The first-order chi connectivity index (χ1) is 8.08. The van der Waals surface area contributed by atoms with Gasteiger partial charge in [-0.2, -0.15) is 0 Å². The summed E-state index contributed by atoms with van der Waals surface area (Å²) >= 11 is 0. The molecule has 1 aromatic carbocycles. The Balaban J connectivity index is 2.74. The summed E-state index contributed by atoms with van der Waals surface area (Å²) in [4.78, 5) is 11.3. The van der Waals surface area contributed by atoms with Crippen molar-refractivity contribution in [2.45, 2.75) is 19.5 Å². The molecule has 94 valence electrons. The van der Waals surface area contributed by atoms with Crippen LogP contribution in [0.1, 0.15) is 12.5 Å². The fourth-order valence-corrected chi connectivity index (χ4v) is 1.34. The quantitative estimate of drug-likeness (QED) is 0.790. The van der Waals surface area contributed by atoms with E-state index in [1.807, 2.05) is 12.1 Å². The van der Waals surface area contributed by atoms with Gasteiger partial charge in [-0.15, -0.1) is 0 Å². The Morgan fingerprint density at radius 1 is 1.41 bits per heavy atom. The molecule has 0 saturated heterocycles. The molecule has 0 aromatic heterocycles. The van der Waals surface area contributed by atoms with Gasteiger partial charge in [-0.1, -0.05) is 0 Å². The van der Waals surface area contributed by atoms with Crippen molar-refractivity contribution in [3.05, 3.63) is 23.8 Å². The Labute approximate surface area is 101 Å². The fraction of sp³-hybridized carbons (Fsp3) is 0.417. The molecule has 1 aromatic rings. The molecule has 1 atom stereocenters. The summed E-state index contributed by atoms with van der Waals surface area (Å²) in [6, 6.07) is 4.92. The number of benzene rings is 1. The topological polar surface area (TPSA) is 73.6 Å². The first-order valence-corrected chi connectivity index (χ1v) is 5.32. The van der Waals surface area contributed by atoms with Gasteiger partial charge < -0.3 is 20.5 Å². The molecule has 0 spiro atoms. The van der Waals surface area contributed by atoms with Gasteiger partial charge in [0.25, 0.3) is 0 Å². The van der Waals surface area contributed by atoms with E-state index in [1.54, 1.807) is 27.2 Å². The van der Waals surface area contributed by atoms with Gasteiger partial charge in [0.2, 0.25) is 5.91 Å². The molecule has 0 aliphatic heterocycles. The number of hydrogen-bond acceptors (Lipinski definition) is 4. The number of carbonyl (C=O) groups is 1. The number of methoxy groups -OCH3 is 2. The molecule has 0 radical (unpaired) electrons. The number of amides is 1. The number of rotatable bonds is 5. The van der Waals surface area contributed by atoms with Crippen LogP contribution in [-0.2, 0) is 11.3 Å². The Morgan fingerprint density at radius 2 is 2.12 bits per heavy atom. The summed E-state index contributed by atoms with van der Waals surface area (Å²) < 4.78 is 10.3. The SMILES string of the molecule is COc1ccc(CNC(=O)C(C)N)c(OC)c1. The molecule has 0 saturated carbocycles. The lowest BCUT2D eigenvalue weighted by Gasteiger charge is -2.12. The largest absolute Gasteiger partial charge is 0.497 e. The Morgan fingerprint density at radius 3 is 2.65 bits per heavy atom. The smallest absolute Gasteiger partial charge is 0.236 e. The molecule has 1 rings (SSSR count). The summed E-state index contributed by atoms with van der Waals surface area (Å²) in [7, 11) is 3.16. The van der Waals surface area contributed by atoms with Crippen LogP contribution in [0.5, 0.6) is 11.5 Å². The standard InChI is InChI=1S/C12H18N2O3/c1-8(13)12(15)14-7-9-4-5-10(16-2)6-11(9)17-3/h4-6,8H,7,13H2,1-3H3,(H,14,15). The highest BCUT2D eigenvalue weighted by Crippen LogP contribution is 2.24. The molecule has 3 N–H and O–H groups in total. The predicted molar refractivity (Wildman–Crippen MR) is 65.0 cm³/mol. The fourth-order valence-electron chi connectivity index (χ4n) is 1.34. The summed E-state index contributed by atoms with van der Waals surface area (Å²) in [5, 5.41) is 2.73. The van der Waals surface area contributed by atoms with E-state index < -0.39 is 6.04 Å².